The minimum absolute atomic E-state index is 0.0335. The van der Waals surface area contributed by atoms with E-state index in [4.69, 9.17) is 4.74 Å². The lowest BCUT2D eigenvalue weighted by Crippen LogP contribution is -2.54. The Morgan fingerprint density at radius 1 is 1.18 bits per heavy atom. The number of ether oxygens (including phenoxy) is 1. The molecule has 1 saturated heterocycles. The van der Waals surface area contributed by atoms with E-state index in [0.717, 1.165) is 23.0 Å². The number of hydrogen-bond donors (Lipinski definition) is 3. The second-order valence-electron chi connectivity index (χ2n) is 8.47. The molecule has 3 atom stereocenters. The molecule has 5 rings (SSSR count). The molecule has 8 nitrogen and oxygen atoms in total. The van der Waals surface area contributed by atoms with Gasteiger partial charge in [0.1, 0.15) is 11.9 Å². The first-order chi connectivity index (χ1) is 16.0. The Hall–Kier alpha value is -3.17. The van der Waals surface area contributed by atoms with Gasteiger partial charge in [0.05, 0.1) is 24.9 Å². The summed E-state index contributed by atoms with van der Waals surface area (Å²) < 4.78 is 5.15. The lowest BCUT2D eigenvalue weighted by atomic mass is 9.97. The number of carbonyl (C=O) groups is 1. The van der Waals surface area contributed by atoms with E-state index in [1.54, 1.807) is 7.11 Å². The first kappa shape index (κ1) is 21.7. The number of methoxy groups -OCH3 is 1. The lowest BCUT2D eigenvalue weighted by Gasteiger charge is -2.36. The normalized spacial score (nSPS) is 23.0. The van der Waals surface area contributed by atoms with Gasteiger partial charge in [-0.05, 0) is 61.2 Å². The third-order valence-corrected chi connectivity index (χ3v) is 7.31. The summed E-state index contributed by atoms with van der Waals surface area (Å²) in [5.74, 6) is 0.963. The summed E-state index contributed by atoms with van der Waals surface area (Å²) >= 11 is 1.43. The van der Waals surface area contributed by atoms with E-state index in [2.05, 4.69) is 69.4 Å². The molecule has 3 unspecified atom stereocenters. The molecule has 3 heterocycles. The van der Waals surface area contributed by atoms with Crippen LogP contribution < -0.4 is 20.9 Å². The molecule has 33 heavy (non-hydrogen) atoms. The highest BCUT2D eigenvalue weighted by Crippen LogP contribution is 2.35. The van der Waals surface area contributed by atoms with Gasteiger partial charge in [0, 0.05) is 18.1 Å². The van der Waals surface area contributed by atoms with Crippen LogP contribution in [0.2, 0.25) is 0 Å². The average molecular weight is 465 g/mol. The van der Waals surface area contributed by atoms with Crippen LogP contribution >= 0.6 is 11.8 Å². The molecule has 3 aliphatic heterocycles. The van der Waals surface area contributed by atoms with Crippen molar-refractivity contribution in [1.82, 2.24) is 20.8 Å². The molecule has 0 radical (unpaired) electrons. The quantitative estimate of drug-likeness (QED) is 0.627. The Kier molecular flexibility index (Phi) is 5.90. The van der Waals surface area contributed by atoms with E-state index in [9.17, 15) is 4.79 Å². The summed E-state index contributed by atoms with van der Waals surface area (Å²) in [7, 11) is 1.62. The number of fused-ring (bicyclic) bond motifs is 3. The van der Waals surface area contributed by atoms with E-state index in [-0.39, 0.29) is 29.9 Å². The molecule has 2 aromatic rings. The molecule has 3 N–H and O–H groups in total. The zero-order chi connectivity index (χ0) is 22.9. The van der Waals surface area contributed by atoms with E-state index in [1.807, 2.05) is 30.5 Å². The molecule has 0 spiro atoms. The number of thioether (sulfide) groups is 1. The number of anilines is 1. The summed E-state index contributed by atoms with van der Waals surface area (Å²) in [6.07, 6.45) is 5.07. The predicted octanol–water partition coefficient (Wildman–Crippen LogP) is 3.29. The minimum atomic E-state index is -0.0729. The first-order valence-corrected chi connectivity index (χ1v) is 12.0. The molecule has 0 aliphatic carbocycles. The van der Waals surface area contributed by atoms with E-state index < -0.39 is 0 Å². The van der Waals surface area contributed by atoms with Gasteiger partial charge in [-0.25, -0.2) is 5.43 Å². The second kappa shape index (κ2) is 8.99. The van der Waals surface area contributed by atoms with Crippen LogP contribution in [-0.4, -0.2) is 46.1 Å². The maximum Gasteiger partial charge on any atom is 0.234 e. The first-order valence-electron chi connectivity index (χ1n) is 11.0. The molecule has 0 saturated carbocycles. The number of rotatable bonds is 5. The summed E-state index contributed by atoms with van der Waals surface area (Å²) in [6, 6.07) is 14.5. The molecule has 9 heteroatoms. The largest absolute Gasteiger partial charge is 0.497 e. The van der Waals surface area contributed by atoms with Crippen molar-refractivity contribution in [2.75, 3.05) is 18.2 Å². The van der Waals surface area contributed by atoms with Crippen LogP contribution in [-0.2, 0) is 4.79 Å². The Bertz CT molecular complexity index is 1100. The van der Waals surface area contributed by atoms with Crippen LogP contribution in [0.3, 0.4) is 0 Å². The molecule has 0 bridgehead atoms. The van der Waals surface area contributed by atoms with Gasteiger partial charge in [-0.3, -0.25) is 10.2 Å². The molecule has 0 aromatic heterocycles. The SMILES string of the molecule is COc1ccc(NC(=O)CSC2=NNC3C4CC(c5ccc(C)c(C)c5)NN4C=CN23)cc1. The number of carbonyl (C=O) groups excluding carboxylic acids is 1. The van der Waals surface area contributed by atoms with Crippen LogP contribution in [0.25, 0.3) is 0 Å². The molecule has 1 fully saturated rings. The number of amides is 1. The topological polar surface area (TPSA) is 81.2 Å². The Labute approximate surface area is 198 Å². The highest BCUT2D eigenvalue weighted by Gasteiger charge is 2.44. The number of hydrazone groups is 1. The molecule has 1 amide bonds. The van der Waals surface area contributed by atoms with Gasteiger partial charge in [0.2, 0.25) is 5.91 Å². The standard InChI is InChI=1S/C24H28N6O2S/c1-15-4-5-17(12-16(15)2)20-13-21-23-26-27-24(29(23)10-11-30(21)28-20)33-14-22(31)25-18-6-8-19(32-3)9-7-18/h4-12,20-21,23,26,28H,13-14H2,1-3H3,(H,25,31). The van der Waals surface area contributed by atoms with Crippen LogP contribution in [0.5, 0.6) is 5.75 Å². The fourth-order valence-electron chi connectivity index (χ4n) is 4.35. The smallest absolute Gasteiger partial charge is 0.234 e. The minimum Gasteiger partial charge on any atom is -0.497 e. The Morgan fingerprint density at radius 2 is 2.00 bits per heavy atom. The fourth-order valence-corrected chi connectivity index (χ4v) is 5.12. The van der Waals surface area contributed by atoms with Crippen LogP contribution in [0.1, 0.15) is 29.2 Å². The Morgan fingerprint density at radius 3 is 2.76 bits per heavy atom. The van der Waals surface area contributed by atoms with Crippen LogP contribution in [0.4, 0.5) is 5.69 Å². The van der Waals surface area contributed by atoms with Gasteiger partial charge in [-0.2, -0.15) is 5.10 Å². The highest BCUT2D eigenvalue weighted by molar-refractivity contribution is 8.14. The summed E-state index contributed by atoms with van der Waals surface area (Å²) in [5.41, 5.74) is 11.6. The van der Waals surface area contributed by atoms with Gasteiger partial charge in [0.25, 0.3) is 0 Å². The number of aryl methyl sites for hydroxylation is 2. The molecular formula is C24H28N6O2S. The predicted molar refractivity (Wildman–Crippen MR) is 131 cm³/mol. The van der Waals surface area contributed by atoms with E-state index in [0.29, 0.717) is 0 Å². The van der Waals surface area contributed by atoms with Crippen molar-refractivity contribution in [1.29, 1.82) is 0 Å². The van der Waals surface area contributed by atoms with Gasteiger partial charge < -0.3 is 20.0 Å². The summed E-state index contributed by atoms with van der Waals surface area (Å²) in [6.45, 7) is 4.30. The zero-order valence-electron chi connectivity index (χ0n) is 18.9. The van der Waals surface area contributed by atoms with Crippen molar-refractivity contribution in [3.05, 3.63) is 71.6 Å². The molecule has 172 valence electrons. The van der Waals surface area contributed by atoms with Crippen molar-refractivity contribution in [3.63, 3.8) is 0 Å². The van der Waals surface area contributed by atoms with E-state index in [1.165, 1.54) is 28.5 Å². The van der Waals surface area contributed by atoms with Crippen molar-refractivity contribution in [2.24, 2.45) is 5.10 Å². The number of nitrogens with zero attached hydrogens (tertiary/aromatic N) is 3. The number of amidine groups is 1. The molecule has 3 aliphatic rings. The van der Waals surface area contributed by atoms with Gasteiger partial charge in [-0.15, -0.1) is 0 Å². The van der Waals surface area contributed by atoms with Crippen LogP contribution in [0, 0.1) is 13.8 Å². The summed E-state index contributed by atoms with van der Waals surface area (Å²) in [4.78, 5) is 14.5. The zero-order valence-corrected chi connectivity index (χ0v) is 19.7. The maximum absolute atomic E-state index is 12.4. The average Bonchev–Trinajstić information content (AvgIpc) is 3.44. The number of nitrogens with one attached hydrogen (secondary N) is 3. The third kappa shape index (κ3) is 4.38. The third-order valence-electron chi connectivity index (χ3n) is 6.34. The number of hydrogen-bond acceptors (Lipinski definition) is 8. The van der Waals surface area contributed by atoms with Crippen molar-refractivity contribution < 1.29 is 9.53 Å². The van der Waals surface area contributed by atoms with Gasteiger partial charge in [0.15, 0.2) is 5.17 Å². The fraction of sp³-hybridized carbons (Fsp3) is 0.333. The van der Waals surface area contributed by atoms with Gasteiger partial charge >= 0.3 is 0 Å². The lowest BCUT2D eigenvalue weighted by molar-refractivity contribution is -0.113. The van der Waals surface area contributed by atoms with Crippen LogP contribution in [0.15, 0.2) is 60.0 Å². The van der Waals surface area contributed by atoms with E-state index >= 15 is 0 Å². The van der Waals surface area contributed by atoms with Gasteiger partial charge in [-0.1, -0.05) is 30.0 Å². The second-order valence-corrected chi connectivity index (χ2v) is 9.42. The summed E-state index contributed by atoms with van der Waals surface area (Å²) in [5, 5.41) is 10.4. The maximum atomic E-state index is 12.4. The highest BCUT2D eigenvalue weighted by atomic mass is 32.2. The number of benzene rings is 2. The monoisotopic (exact) mass is 464 g/mol. The molecule has 2 aromatic carbocycles. The van der Waals surface area contributed by atoms with Crippen molar-refractivity contribution in [2.45, 2.75) is 38.5 Å². The number of hydrazine groups is 1. The Balaban J connectivity index is 1.17. The molecular weight excluding hydrogens is 436 g/mol. The van der Waals surface area contributed by atoms with Crippen molar-refractivity contribution >= 4 is 28.5 Å². The van der Waals surface area contributed by atoms with Crippen molar-refractivity contribution in [3.8, 4) is 5.75 Å².